The van der Waals surface area contributed by atoms with Crippen LogP contribution in [0.2, 0.25) is 0 Å². The predicted octanol–water partition coefficient (Wildman–Crippen LogP) is 1.89. The molecule has 0 aliphatic carbocycles. The van der Waals surface area contributed by atoms with Gasteiger partial charge in [0, 0.05) is 4.47 Å². The van der Waals surface area contributed by atoms with Crippen LogP contribution in [0.4, 0.5) is 0 Å². The summed E-state index contributed by atoms with van der Waals surface area (Å²) in [5.74, 6) is 0.491. The standard InChI is InChI=1S/C12H16BrNO3/c1-16-12(15)5-7-17-11-3-2-10(13)8-9(11)4-6-14/h2-3,8H,4-7,14H2,1H3. The van der Waals surface area contributed by atoms with Gasteiger partial charge in [0.25, 0.3) is 0 Å². The summed E-state index contributed by atoms with van der Waals surface area (Å²) in [7, 11) is 1.36. The number of ether oxygens (including phenoxy) is 2. The highest BCUT2D eigenvalue weighted by atomic mass is 79.9. The number of carbonyl (C=O) groups is 1. The second kappa shape index (κ2) is 7.29. The van der Waals surface area contributed by atoms with Crippen molar-refractivity contribution >= 4 is 21.9 Å². The summed E-state index contributed by atoms with van der Waals surface area (Å²) in [6.07, 6.45) is 0.988. The molecule has 1 aromatic carbocycles. The normalized spacial score (nSPS) is 10.1. The van der Waals surface area contributed by atoms with Crippen LogP contribution in [-0.2, 0) is 16.0 Å². The number of benzene rings is 1. The number of methoxy groups -OCH3 is 1. The van der Waals surface area contributed by atoms with E-state index in [0.717, 1.165) is 22.2 Å². The molecule has 0 aliphatic rings. The monoisotopic (exact) mass is 301 g/mol. The first-order chi connectivity index (χ1) is 8.17. The summed E-state index contributed by atoms with van der Waals surface area (Å²) in [5.41, 5.74) is 6.57. The van der Waals surface area contributed by atoms with E-state index in [4.69, 9.17) is 10.5 Å². The van der Waals surface area contributed by atoms with Gasteiger partial charge < -0.3 is 15.2 Å². The number of hydrogen-bond acceptors (Lipinski definition) is 4. The molecule has 0 spiro atoms. The Hall–Kier alpha value is -1.07. The largest absolute Gasteiger partial charge is 0.493 e. The quantitative estimate of drug-likeness (QED) is 0.815. The molecule has 4 nitrogen and oxygen atoms in total. The minimum Gasteiger partial charge on any atom is -0.493 e. The molecule has 0 saturated carbocycles. The van der Waals surface area contributed by atoms with Gasteiger partial charge >= 0.3 is 5.97 Å². The number of rotatable bonds is 6. The van der Waals surface area contributed by atoms with E-state index in [9.17, 15) is 4.79 Å². The molecule has 0 aromatic heterocycles. The molecule has 0 radical (unpaired) electrons. The molecule has 0 heterocycles. The Kier molecular flexibility index (Phi) is 6.00. The first-order valence-electron chi connectivity index (χ1n) is 5.35. The molecule has 0 fully saturated rings. The average Bonchev–Trinajstić information content (AvgIpc) is 2.32. The molecule has 0 saturated heterocycles. The zero-order valence-electron chi connectivity index (χ0n) is 9.74. The van der Waals surface area contributed by atoms with Crippen LogP contribution in [-0.4, -0.2) is 26.2 Å². The molecule has 0 unspecified atom stereocenters. The van der Waals surface area contributed by atoms with Crippen molar-refractivity contribution in [2.75, 3.05) is 20.3 Å². The highest BCUT2D eigenvalue weighted by Crippen LogP contribution is 2.23. The van der Waals surface area contributed by atoms with Gasteiger partial charge in [-0.2, -0.15) is 0 Å². The Bertz CT molecular complexity index is 382. The van der Waals surface area contributed by atoms with Crippen LogP contribution in [0.25, 0.3) is 0 Å². The van der Waals surface area contributed by atoms with Crippen LogP contribution in [0, 0.1) is 0 Å². The van der Waals surface area contributed by atoms with Crippen molar-refractivity contribution in [3.8, 4) is 5.75 Å². The number of halogens is 1. The minimum atomic E-state index is -0.275. The zero-order valence-corrected chi connectivity index (χ0v) is 11.3. The van der Waals surface area contributed by atoms with Crippen LogP contribution >= 0.6 is 15.9 Å². The third-order valence-electron chi connectivity index (χ3n) is 2.23. The average molecular weight is 302 g/mol. The lowest BCUT2D eigenvalue weighted by molar-refractivity contribution is -0.141. The maximum atomic E-state index is 10.9. The maximum absolute atomic E-state index is 10.9. The molecule has 0 aliphatic heterocycles. The first-order valence-corrected chi connectivity index (χ1v) is 6.14. The van der Waals surface area contributed by atoms with Crippen molar-refractivity contribution in [1.29, 1.82) is 0 Å². The fourth-order valence-electron chi connectivity index (χ4n) is 1.39. The van der Waals surface area contributed by atoms with Crippen molar-refractivity contribution in [3.63, 3.8) is 0 Å². The van der Waals surface area contributed by atoms with Gasteiger partial charge in [-0.25, -0.2) is 0 Å². The topological polar surface area (TPSA) is 61.5 Å². The molecular weight excluding hydrogens is 286 g/mol. The van der Waals surface area contributed by atoms with Crippen LogP contribution in [0.3, 0.4) is 0 Å². The zero-order chi connectivity index (χ0) is 12.7. The van der Waals surface area contributed by atoms with Gasteiger partial charge in [0.15, 0.2) is 0 Å². The van der Waals surface area contributed by atoms with Crippen molar-refractivity contribution in [2.24, 2.45) is 5.73 Å². The van der Waals surface area contributed by atoms with Gasteiger partial charge in [0.1, 0.15) is 5.75 Å². The van der Waals surface area contributed by atoms with Crippen LogP contribution in [0.15, 0.2) is 22.7 Å². The van der Waals surface area contributed by atoms with Gasteiger partial charge in [-0.1, -0.05) is 15.9 Å². The summed E-state index contributed by atoms with van der Waals surface area (Å²) in [5, 5.41) is 0. The maximum Gasteiger partial charge on any atom is 0.308 e. The third-order valence-corrected chi connectivity index (χ3v) is 2.72. The molecule has 5 heteroatoms. The summed E-state index contributed by atoms with van der Waals surface area (Å²) in [4.78, 5) is 10.9. The summed E-state index contributed by atoms with van der Waals surface area (Å²) >= 11 is 3.40. The second-order valence-corrected chi connectivity index (χ2v) is 4.38. The van der Waals surface area contributed by atoms with Crippen LogP contribution in [0.1, 0.15) is 12.0 Å². The van der Waals surface area contributed by atoms with E-state index in [1.165, 1.54) is 7.11 Å². The van der Waals surface area contributed by atoms with Crippen molar-refractivity contribution in [1.82, 2.24) is 0 Å². The Balaban J connectivity index is 2.60. The molecule has 17 heavy (non-hydrogen) atoms. The van der Waals surface area contributed by atoms with Gasteiger partial charge in [-0.05, 0) is 36.7 Å². The van der Waals surface area contributed by atoms with Crippen LogP contribution in [0.5, 0.6) is 5.75 Å². The van der Waals surface area contributed by atoms with E-state index in [1.54, 1.807) is 0 Å². The number of carbonyl (C=O) groups excluding carboxylic acids is 1. The Morgan fingerprint density at radius 2 is 2.24 bits per heavy atom. The molecule has 2 N–H and O–H groups in total. The predicted molar refractivity (Wildman–Crippen MR) is 69.0 cm³/mol. The molecule has 1 rings (SSSR count). The van der Waals surface area contributed by atoms with Gasteiger partial charge in [0.05, 0.1) is 20.1 Å². The number of esters is 1. The Morgan fingerprint density at radius 3 is 2.88 bits per heavy atom. The fraction of sp³-hybridized carbons (Fsp3) is 0.417. The molecular formula is C12H16BrNO3. The third kappa shape index (κ3) is 4.75. The van der Waals surface area contributed by atoms with Gasteiger partial charge in [0.2, 0.25) is 0 Å². The highest BCUT2D eigenvalue weighted by Gasteiger charge is 2.06. The van der Waals surface area contributed by atoms with Crippen molar-refractivity contribution in [2.45, 2.75) is 12.8 Å². The lowest BCUT2D eigenvalue weighted by Crippen LogP contribution is -2.10. The van der Waals surface area contributed by atoms with Crippen molar-refractivity contribution < 1.29 is 14.3 Å². The Labute approximate surface area is 109 Å². The number of hydrogen-bond donors (Lipinski definition) is 1. The van der Waals surface area contributed by atoms with E-state index in [2.05, 4.69) is 20.7 Å². The summed E-state index contributed by atoms with van der Waals surface area (Å²) < 4.78 is 11.1. The van der Waals surface area contributed by atoms with E-state index in [0.29, 0.717) is 13.2 Å². The molecule has 94 valence electrons. The summed E-state index contributed by atoms with van der Waals surface area (Å²) in [6.45, 7) is 0.871. The van der Waals surface area contributed by atoms with Crippen molar-refractivity contribution in [3.05, 3.63) is 28.2 Å². The lowest BCUT2D eigenvalue weighted by Gasteiger charge is -2.11. The van der Waals surface area contributed by atoms with Gasteiger partial charge in [-0.15, -0.1) is 0 Å². The lowest BCUT2D eigenvalue weighted by atomic mass is 10.1. The molecule has 1 aromatic rings. The SMILES string of the molecule is COC(=O)CCOc1ccc(Br)cc1CCN. The summed E-state index contributed by atoms with van der Waals surface area (Å²) in [6, 6.07) is 5.74. The van der Waals surface area contributed by atoms with E-state index >= 15 is 0 Å². The molecule has 0 amide bonds. The van der Waals surface area contributed by atoms with Gasteiger partial charge in [-0.3, -0.25) is 4.79 Å². The first kappa shape index (κ1) is 14.0. The van der Waals surface area contributed by atoms with Crippen LogP contribution < -0.4 is 10.5 Å². The molecule has 0 atom stereocenters. The Morgan fingerprint density at radius 1 is 1.47 bits per heavy atom. The molecule has 0 bridgehead atoms. The minimum absolute atomic E-state index is 0.245. The van der Waals surface area contributed by atoms with E-state index in [-0.39, 0.29) is 12.4 Å². The number of nitrogens with two attached hydrogens (primary N) is 1. The van der Waals surface area contributed by atoms with E-state index < -0.39 is 0 Å². The smallest absolute Gasteiger partial charge is 0.308 e. The highest BCUT2D eigenvalue weighted by molar-refractivity contribution is 9.10. The fourth-order valence-corrected chi connectivity index (χ4v) is 1.79. The van der Waals surface area contributed by atoms with E-state index in [1.807, 2.05) is 18.2 Å². The second-order valence-electron chi connectivity index (χ2n) is 3.47.